The Morgan fingerprint density at radius 3 is 2.62 bits per heavy atom. The van der Waals surface area contributed by atoms with Gasteiger partial charge in [0.1, 0.15) is 11.6 Å². The largest absolute Gasteiger partial charge is 0.496 e. The number of aryl methyl sites for hydroxylation is 1. The Hall–Kier alpha value is -2.01. The summed E-state index contributed by atoms with van der Waals surface area (Å²) < 4.78 is 18.6. The van der Waals surface area contributed by atoms with Crippen LogP contribution in [-0.4, -0.2) is 22.2 Å². The van der Waals surface area contributed by atoms with Crippen molar-refractivity contribution in [3.63, 3.8) is 0 Å². The van der Waals surface area contributed by atoms with Crippen molar-refractivity contribution < 1.29 is 14.2 Å². The summed E-state index contributed by atoms with van der Waals surface area (Å²) >= 11 is 0. The van der Waals surface area contributed by atoms with E-state index in [1.54, 1.807) is 20.2 Å². The highest BCUT2D eigenvalue weighted by molar-refractivity contribution is 5.41. The molecule has 0 bridgehead atoms. The van der Waals surface area contributed by atoms with Gasteiger partial charge in [-0.3, -0.25) is 9.97 Å². The molecular formula is C16H19FN2O2. The van der Waals surface area contributed by atoms with E-state index in [1.807, 2.05) is 13.8 Å². The molecule has 2 rings (SSSR count). The summed E-state index contributed by atoms with van der Waals surface area (Å²) in [5, 5.41) is 10.6. The highest BCUT2D eigenvalue weighted by Gasteiger charge is 2.27. The van der Waals surface area contributed by atoms with E-state index in [1.165, 1.54) is 12.3 Å². The first kappa shape index (κ1) is 15.4. The molecule has 1 atom stereocenters. The van der Waals surface area contributed by atoms with Crippen LogP contribution in [0, 0.1) is 19.7 Å². The molecule has 4 nitrogen and oxygen atoms in total. The monoisotopic (exact) mass is 290 g/mol. The fourth-order valence-electron chi connectivity index (χ4n) is 2.38. The number of ether oxygens (including phenoxy) is 1. The summed E-state index contributed by atoms with van der Waals surface area (Å²) in [6.45, 7) is 5.43. The average molecular weight is 290 g/mol. The molecule has 2 aromatic rings. The zero-order valence-electron chi connectivity index (χ0n) is 12.6. The van der Waals surface area contributed by atoms with Gasteiger partial charge in [0.05, 0.1) is 24.6 Å². The maximum atomic E-state index is 13.3. The molecule has 0 aliphatic heterocycles. The highest BCUT2D eigenvalue weighted by Crippen LogP contribution is 2.30. The van der Waals surface area contributed by atoms with E-state index in [2.05, 4.69) is 9.97 Å². The lowest BCUT2D eigenvalue weighted by atomic mass is 9.90. The van der Waals surface area contributed by atoms with Gasteiger partial charge in [-0.25, -0.2) is 4.39 Å². The van der Waals surface area contributed by atoms with E-state index in [0.717, 1.165) is 23.1 Å². The lowest BCUT2D eigenvalue weighted by Crippen LogP contribution is -2.26. The second-order valence-corrected chi connectivity index (χ2v) is 5.39. The minimum Gasteiger partial charge on any atom is -0.496 e. The van der Waals surface area contributed by atoms with E-state index in [-0.39, 0.29) is 6.42 Å². The summed E-state index contributed by atoms with van der Waals surface area (Å²) in [5.74, 6) is 0.284. The van der Waals surface area contributed by atoms with Crippen molar-refractivity contribution in [3.05, 3.63) is 52.9 Å². The number of pyridine rings is 2. The second kappa shape index (κ2) is 5.77. The minimum atomic E-state index is -1.26. The van der Waals surface area contributed by atoms with Gasteiger partial charge < -0.3 is 9.84 Å². The number of hydrogen-bond acceptors (Lipinski definition) is 4. The maximum Gasteiger partial charge on any atom is 0.141 e. The molecule has 112 valence electrons. The third kappa shape index (κ3) is 3.19. The van der Waals surface area contributed by atoms with Crippen molar-refractivity contribution in [2.24, 2.45) is 0 Å². The van der Waals surface area contributed by atoms with Crippen molar-refractivity contribution in [1.82, 2.24) is 9.97 Å². The SMILES string of the molecule is COc1c(C)cnc(CC(C)(O)c2cncc(F)c2)c1C. The number of aromatic nitrogens is 2. The molecule has 21 heavy (non-hydrogen) atoms. The molecule has 0 fully saturated rings. The van der Waals surface area contributed by atoms with Crippen molar-refractivity contribution >= 4 is 0 Å². The van der Waals surface area contributed by atoms with Crippen LogP contribution in [0.1, 0.15) is 29.3 Å². The van der Waals surface area contributed by atoms with Crippen LogP contribution in [0.25, 0.3) is 0 Å². The van der Waals surface area contributed by atoms with E-state index < -0.39 is 11.4 Å². The van der Waals surface area contributed by atoms with E-state index in [4.69, 9.17) is 4.74 Å². The fraction of sp³-hybridized carbons (Fsp3) is 0.375. The van der Waals surface area contributed by atoms with E-state index in [9.17, 15) is 9.50 Å². The van der Waals surface area contributed by atoms with Gasteiger partial charge in [0.2, 0.25) is 0 Å². The van der Waals surface area contributed by atoms with Gasteiger partial charge in [0.25, 0.3) is 0 Å². The molecule has 0 aliphatic carbocycles. The van der Waals surface area contributed by atoms with Crippen LogP contribution >= 0.6 is 0 Å². The Kier molecular flexibility index (Phi) is 4.23. The van der Waals surface area contributed by atoms with Gasteiger partial charge in [-0.05, 0) is 26.8 Å². The predicted octanol–water partition coefficient (Wildman–Crippen LogP) is 2.69. The lowest BCUT2D eigenvalue weighted by Gasteiger charge is -2.24. The normalized spacial score (nSPS) is 13.8. The van der Waals surface area contributed by atoms with Crippen molar-refractivity contribution in [2.75, 3.05) is 7.11 Å². The van der Waals surface area contributed by atoms with Gasteiger partial charge in [0.15, 0.2) is 0 Å². The molecule has 0 aromatic carbocycles. The minimum absolute atomic E-state index is 0.251. The standard InChI is InChI=1S/C16H19FN2O2/c1-10-7-19-14(11(2)15(10)21-4)6-16(3,20)12-5-13(17)9-18-8-12/h5,7-9,20H,6H2,1-4H3. The van der Waals surface area contributed by atoms with Gasteiger partial charge in [-0.2, -0.15) is 0 Å². The van der Waals surface area contributed by atoms with Gasteiger partial charge in [-0.1, -0.05) is 0 Å². The predicted molar refractivity (Wildman–Crippen MR) is 77.7 cm³/mol. The summed E-state index contributed by atoms with van der Waals surface area (Å²) in [4.78, 5) is 8.15. The van der Waals surface area contributed by atoms with Crippen LogP contribution in [0.4, 0.5) is 4.39 Å². The van der Waals surface area contributed by atoms with Crippen LogP contribution in [0.5, 0.6) is 5.75 Å². The maximum absolute atomic E-state index is 13.3. The molecule has 0 spiro atoms. The Bertz CT molecular complexity index is 657. The first-order valence-corrected chi connectivity index (χ1v) is 6.67. The summed E-state index contributed by atoms with van der Waals surface area (Å²) in [6, 6.07) is 1.29. The fourth-order valence-corrected chi connectivity index (χ4v) is 2.38. The van der Waals surface area contributed by atoms with Crippen molar-refractivity contribution in [1.29, 1.82) is 0 Å². The molecule has 2 heterocycles. The third-order valence-electron chi connectivity index (χ3n) is 3.59. The van der Waals surface area contributed by atoms with E-state index in [0.29, 0.717) is 11.3 Å². The quantitative estimate of drug-likeness (QED) is 0.940. The number of aliphatic hydroxyl groups is 1. The summed E-state index contributed by atoms with van der Waals surface area (Å²) in [5.41, 5.74) is 1.69. The second-order valence-electron chi connectivity index (χ2n) is 5.39. The first-order chi connectivity index (χ1) is 9.85. The van der Waals surface area contributed by atoms with Gasteiger partial charge in [0, 0.05) is 35.5 Å². The van der Waals surface area contributed by atoms with Crippen LogP contribution < -0.4 is 4.74 Å². The van der Waals surface area contributed by atoms with Crippen LogP contribution in [-0.2, 0) is 12.0 Å². The lowest BCUT2D eigenvalue weighted by molar-refractivity contribution is 0.0556. The number of hydrogen-bond donors (Lipinski definition) is 1. The summed E-state index contributed by atoms with van der Waals surface area (Å²) in [6.07, 6.45) is 4.53. The Morgan fingerprint density at radius 2 is 2.00 bits per heavy atom. The molecule has 2 aromatic heterocycles. The van der Waals surface area contributed by atoms with Crippen LogP contribution in [0.15, 0.2) is 24.7 Å². The number of halogens is 1. The Morgan fingerprint density at radius 1 is 1.29 bits per heavy atom. The van der Waals surface area contributed by atoms with Crippen molar-refractivity contribution in [2.45, 2.75) is 32.8 Å². The molecule has 1 N–H and O–H groups in total. The molecule has 1 unspecified atom stereocenters. The molecule has 0 saturated carbocycles. The molecule has 5 heteroatoms. The number of nitrogens with zero attached hydrogens (tertiary/aromatic N) is 2. The zero-order valence-corrected chi connectivity index (χ0v) is 12.6. The van der Waals surface area contributed by atoms with Gasteiger partial charge >= 0.3 is 0 Å². The van der Waals surface area contributed by atoms with E-state index >= 15 is 0 Å². The first-order valence-electron chi connectivity index (χ1n) is 6.67. The topological polar surface area (TPSA) is 55.2 Å². The highest BCUT2D eigenvalue weighted by atomic mass is 19.1. The van der Waals surface area contributed by atoms with Crippen molar-refractivity contribution in [3.8, 4) is 5.75 Å². The molecule has 0 amide bonds. The average Bonchev–Trinajstić information content (AvgIpc) is 2.43. The number of rotatable bonds is 4. The Labute approximate surface area is 123 Å². The summed E-state index contributed by atoms with van der Waals surface area (Å²) in [7, 11) is 1.60. The van der Waals surface area contributed by atoms with Crippen LogP contribution in [0.2, 0.25) is 0 Å². The molecule has 0 saturated heterocycles. The molecule has 0 aliphatic rings. The van der Waals surface area contributed by atoms with Gasteiger partial charge in [-0.15, -0.1) is 0 Å². The third-order valence-corrected chi connectivity index (χ3v) is 3.59. The van der Waals surface area contributed by atoms with Crippen LogP contribution in [0.3, 0.4) is 0 Å². The Balaban J connectivity index is 2.37. The number of methoxy groups -OCH3 is 1. The molecule has 0 radical (unpaired) electrons. The molecular weight excluding hydrogens is 271 g/mol. The zero-order chi connectivity index (χ0) is 15.6. The smallest absolute Gasteiger partial charge is 0.141 e.